The summed E-state index contributed by atoms with van der Waals surface area (Å²) in [5.41, 5.74) is 1.51. The van der Waals surface area contributed by atoms with Crippen LogP contribution in [0.3, 0.4) is 0 Å². The van der Waals surface area contributed by atoms with Gasteiger partial charge in [-0.3, -0.25) is 4.79 Å². The van der Waals surface area contributed by atoms with Crippen LogP contribution in [-0.2, 0) is 26.0 Å². The Morgan fingerprint density at radius 3 is 2.35 bits per heavy atom. The second-order valence-corrected chi connectivity index (χ2v) is 6.40. The number of carbonyl (C=O) groups excluding carboxylic acids is 1. The zero-order valence-electron chi connectivity index (χ0n) is 10.9. The first-order valence-corrected chi connectivity index (χ1v) is 7.77. The third kappa shape index (κ3) is 6.69. The molecule has 0 saturated heterocycles. The van der Waals surface area contributed by atoms with Gasteiger partial charge in [-0.05, 0) is 17.2 Å². The molecule has 0 heterocycles. The molecular weight excluding hydrogens is 282 g/mol. The van der Waals surface area contributed by atoms with Crippen molar-refractivity contribution in [3.63, 3.8) is 0 Å². The molecule has 1 rings (SSSR count). The second-order valence-electron chi connectivity index (χ2n) is 4.26. The Balaban J connectivity index is 2.54. The van der Waals surface area contributed by atoms with Gasteiger partial charge in [-0.2, -0.15) is 0 Å². The normalized spacial score (nSPS) is 11.4. The Morgan fingerprint density at radius 2 is 1.85 bits per heavy atom. The monoisotopic (exact) mass is 297 g/mol. The van der Waals surface area contributed by atoms with E-state index in [2.05, 4.69) is 5.32 Å². The SMILES string of the molecule is CS(=O)(=O)CC(=O)NCc1ccc(C=CC(=O)O)cc1. The summed E-state index contributed by atoms with van der Waals surface area (Å²) in [5.74, 6) is -2.11. The Hall–Kier alpha value is -2.15. The Kier molecular flexibility index (Phi) is 5.45. The van der Waals surface area contributed by atoms with Gasteiger partial charge in [0.25, 0.3) is 0 Å². The highest BCUT2D eigenvalue weighted by Crippen LogP contribution is 2.06. The van der Waals surface area contributed by atoms with Crippen LogP contribution >= 0.6 is 0 Å². The quantitative estimate of drug-likeness (QED) is 0.742. The molecule has 1 aromatic carbocycles. The summed E-state index contributed by atoms with van der Waals surface area (Å²) < 4.78 is 21.8. The minimum Gasteiger partial charge on any atom is -0.478 e. The van der Waals surface area contributed by atoms with Crippen molar-refractivity contribution >= 4 is 27.8 Å². The maximum absolute atomic E-state index is 11.3. The number of amides is 1. The molecule has 0 bridgehead atoms. The number of aliphatic carboxylic acids is 1. The van der Waals surface area contributed by atoms with Crippen molar-refractivity contribution in [3.05, 3.63) is 41.5 Å². The average molecular weight is 297 g/mol. The molecule has 0 atom stereocenters. The molecule has 0 spiro atoms. The van der Waals surface area contributed by atoms with E-state index in [1.54, 1.807) is 24.3 Å². The van der Waals surface area contributed by atoms with E-state index in [1.807, 2.05) is 0 Å². The van der Waals surface area contributed by atoms with E-state index in [-0.39, 0.29) is 6.54 Å². The fourth-order valence-electron chi connectivity index (χ4n) is 1.40. The highest BCUT2D eigenvalue weighted by Gasteiger charge is 2.09. The van der Waals surface area contributed by atoms with Crippen molar-refractivity contribution < 1.29 is 23.1 Å². The largest absolute Gasteiger partial charge is 0.478 e. The van der Waals surface area contributed by atoms with Crippen LogP contribution in [0.4, 0.5) is 0 Å². The summed E-state index contributed by atoms with van der Waals surface area (Å²) in [6.45, 7) is 0.220. The predicted octanol–water partition coefficient (Wildman–Crippen LogP) is 0.445. The molecule has 20 heavy (non-hydrogen) atoms. The molecule has 2 N–H and O–H groups in total. The van der Waals surface area contributed by atoms with Crippen molar-refractivity contribution in [1.82, 2.24) is 5.32 Å². The van der Waals surface area contributed by atoms with Gasteiger partial charge in [-0.1, -0.05) is 24.3 Å². The molecule has 0 aliphatic carbocycles. The molecule has 0 fully saturated rings. The molecule has 0 saturated carbocycles. The minimum absolute atomic E-state index is 0.220. The number of rotatable bonds is 6. The first-order valence-electron chi connectivity index (χ1n) is 5.70. The van der Waals surface area contributed by atoms with E-state index in [1.165, 1.54) is 6.08 Å². The molecule has 0 aliphatic rings. The summed E-state index contributed by atoms with van der Waals surface area (Å²) in [6, 6.07) is 6.86. The molecule has 0 aliphatic heterocycles. The van der Waals surface area contributed by atoms with Crippen LogP contribution < -0.4 is 5.32 Å². The summed E-state index contributed by atoms with van der Waals surface area (Å²) >= 11 is 0. The molecule has 0 unspecified atom stereocenters. The Morgan fingerprint density at radius 1 is 1.25 bits per heavy atom. The van der Waals surface area contributed by atoms with Crippen LogP contribution in [0.15, 0.2) is 30.3 Å². The Labute approximate surface area is 117 Å². The van der Waals surface area contributed by atoms with Gasteiger partial charge in [0.05, 0.1) is 0 Å². The van der Waals surface area contributed by atoms with Gasteiger partial charge in [0.2, 0.25) is 5.91 Å². The topological polar surface area (TPSA) is 101 Å². The lowest BCUT2D eigenvalue weighted by molar-refractivity contribution is -0.131. The first kappa shape index (κ1) is 15.9. The van der Waals surface area contributed by atoms with E-state index < -0.39 is 27.5 Å². The number of carboxylic acid groups (broad SMARTS) is 1. The number of nitrogens with one attached hydrogen (secondary N) is 1. The van der Waals surface area contributed by atoms with Crippen molar-refractivity contribution in [3.8, 4) is 0 Å². The van der Waals surface area contributed by atoms with E-state index in [9.17, 15) is 18.0 Å². The van der Waals surface area contributed by atoms with Gasteiger partial charge < -0.3 is 10.4 Å². The minimum atomic E-state index is -3.33. The summed E-state index contributed by atoms with van der Waals surface area (Å²) in [7, 11) is -3.33. The number of carboxylic acids is 1. The molecule has 108 valence electrons. The van der Waals surface area contributed by atoms with Crippen molar-refractivity contribution in [2.75, 3.05) is 12.0 Å². The highest BCUT2D eigenvalue weighted by atomic mass is 32.2. The number of hydrogen-bond donors (Lipinski definition) is 2. The predicted molar refractivity (Wildman–Crippen MR) is 74.7 cm³/mol. The fraction of sp³-hybridized carbons (Fsp3) is 0.231. The third-order valence-corrected chi connectivity index (χ3v) is 3.07. The maximum atomic E-state index is 11.3. The molecule has 6 nitrogen and oxygen atoms in total. The summed E-state index contributed by atoms with van der Waals surface area (Å²) in [5, 5.41) is 11.0. The average Bonchev–Trinajstić information content (AvgIpc) is 2.33. The summed E-state index contributed by atoms with van der Waals surface area (Å²) in [6.07, 6.45) is 3.48. The number of carbonyl (C=O) groups is 2. The van der Waals surface area contributed by atoms with E-state index in [4.69, 9.17) is 5.11 Å². The van der Waals surface area contributed by atoms with Gasteiger partial charge in [0.1, 0.15) is 5.75 Å². The lowest BCUT2D eigenvalue weighted by Crippen LogP contribution is -2.29. The van der Waals surface area contributed by atoms with Gasteiger partial charge in [0.15, 0.2) is 9.84 Å². The second kappa shape index (κ2) is 6.85. The molecule has 7 heteroatoms. The Bertz CT molecular complexity index is 617. The molecule has 1 aromatic rings. The van der Waals surface area contributed by atoms with E-state index in [0.717, 1.165) is 23.5 Å². The van der Waals surface area contributed by atoms with E-state index in [0.29, 0.717) is 0 Å². The van der Waals surface area contributed by atoms with Crippen LogP contribution in [0.2, 0.25) is 0 Å². The van der Waals surface area contributed by atoms with Gasteiger partial charge in [0, 0.05) is 18.9 Å². The third-order valence-electron chi connectivity index (χ3n) is 2.28. The fourth-order valence-corrected chi connectivity index (χ4v) is 1.98. The molecular formula is C13H15NO5S. The lowest BCUT2D eigenvalue weighted by Gasteiger charge is -2.05. The summed E-state index contributed by atoms with van der Waals surface area (Å²) in [4.78, 5) is 21.7. The zero-order chi connectivity index (χ0) is 15.2. The smallest absolute Gasteiger partial charge is 0.328 e. The number of sulfone groups is 1. The standard InChI is InChI=1S/C13H15NO5S/c1-20(18,19)9-12(15)14-8-11-4-2-10(3-5-11)6-7-13(16)17/h2-7H,8-9H2,1H3,(H,14,15)(H,16,17). The van der Waals surface area contributed by atoms with Crippen LogP contribution in [-0.4, -0.2) is 37.4 Å². The van der Waals surface area contributed by atoms with Crippen LogP contribution in [0, 0.1) is 0 Å². The number of hydrogen-bond acceptors (Lipinski definition) is 4. The van der Waals surface area contributed by atoms with Gasteiger partial charge in [-0.15, -0.1) is 0 Å². The molecule has 1 amide bonds. The van der Waals surface area contributed by atoms with Crippen LogP contribution in [0.25, 0.3) is 6.08 Å². The van der Waals surface area contributed by atoms with Crippen molar-refractivity contribution in [1.29, 1.82) is 0 Å². The number of benzene rings is 1. The van der Waals surface area contributed by atoms with Crippen LogP contribution in [0.5, 0.6) is 0 Å². The molecule has 0 radical (unpaired) electrons. The van der Waals surface area contributed by atoms with E-state index >= 15 is 0 Å². The van der Waals surface area contributed by atoms with Crippen molar-refractivity contribution in [2.45, 2.75) is 6.54 Å². The van der Waals surface area contributed by atoms with Crippen LogP contribution in [0.1, 0.15) is 11.1 Å². The van der Waals surface area contributed by atoms with Gasteiger partial charge in [-0.25, -0.2) is 13.2 Å². The van der Waals surface area contributed by atoms with Crippen molar-refractivity contribution in [2.24, 2.45) is 0 Å². The highest BCUT2D eigenvalue weighted by molar-refractivity contribution is 7.91. The molecule has 0 aromatic heterocycles. The first-order chi connectivity index (χ1) is 9.26. The lowest BCUT2D eigenvalue weighted by atomic mass is 10.1. The zero-order valence-corrected chi connectivity index (χ0v) is 11.7. The van der Waals surface area contributed by atoms with Gasteiger partial charge >= 0.3 is 5.97 Å². The maximum Gasteiger partial charge on any atom is 0.328 e.